The van der Waals surface area contributed by atoms with E-state index in [0.29, 0.717) is 6.61 Å². The predicted molar refractivity (Wildman–Crippen MR) is 104 cm³/mol. The van der Waals surface area contributed by atoms with E-state index in [1.165, 1.54) is 0 Å². The number of ether oxygens (including phenoxy) is 1. The van der Waals surface area contributed by atoms with Crippen LogP contribution >= 0.6 is 24.8 Å². The molecule has 5 nitrogen and oxygen atoms in total. The van der Waals surface area contributed by atoms with Gasteiger partial charge in [0.2, 0.25) is 5.91 Å². The molecule has 0 saturated heterocycles. The zero-order valence-electron chi connectivity index (χ0n) is 14.4. The minimum Gasteiger partial charge on any atom is -0.493 e. The second-order valence-electron chi connectivity index (χ2n) is 6.29. The Kier molecular flexibility index (Phi) is 11.0. The molecule has 1 saturated carbocycles. The summed E-state index contributed by atoms with van der Waals surface area (Å²) in [6.07, 6.45) is 3.58. The van der Waals surface area contributed by atoms with Crippen LogP contribution in [0.15, 0.2) is 24.3 Å². The Balaban J connectivity index is 0.00000264. The van der Waals surface area contributed by atoms with Gasteiger partial charge in [-0.1, -0.05) is 6.07 Å². The Hall–Kier alpha value is -1.01. The number of carbonyl (C=O) groups excluding carboxylic acids is 1. The number of nitrogens with zero attached hydrogens (tertiary/aromatic N) is 1. The van der Waals surface area contributed by atoms with Crippen LogP contribution in [0.4, 0.5) is 5.69 Å². The molecular formula is C17H29Cl2N3O2. The SMILES string of the molecule is CN(C)CCCOc1cccc(NC(=O)C2CCC(N)C2)c1.Cl.Cl. The van der Waals surface area contributed by atoms with Crippen molar-refractivity contribution < 1.29 is 9.53 Å². The van der Waals surface area contributed by atoms with Crippen LogP contribution in [-0.4, -0.2) is 44.1 Å². The van der Waals surface area contributed by atoms with Gasteiger partial charge >= 0.3 is 0 Å². The number of amides is 1. The van der Waals surface area contributed by atoms with Crippen molar-refractivity contribution >= 4 is 36.4 Å². The second-order valence-corrected chi connectivity index (χ2v) is 6.29. The Labute approximate surface area is 157 Å². The van der Waals surface area contributed by atoms with Crippen molar-refractivity contribution in [3.8, 4) is 5.75 Å². The van der Waals surface area contributed by atoms with Gasteiger partial charge < -0.3 is 20.7 Å². The van der Waals surface area contributed by atoms with Crippen LogP contribution in [0.2, 0.25) is 0 Å². The van der Waals surface area contributed by atoms with E-state index in [2.05, 4.69) is 10.2 Å². The molecule has 3 N–H and O–H groups in total. The summed E-state index contributed by atoms with van der Waals surface area (Å²) in [4.78, 5) is 14.3. The van der Waals surface area contributed by atoms with Gasteiger partial charge in [-0.15, -0.1) is 24.8 Å². The second kappa shape index (κ2) is 11.5. The van der Waals surface area contributed by atoms with Crippen molar-refractivity contribution in [1.29, 1.82) is 0 Å². The summed E-state index contributed by atoms with van der Waals surface area (Å²) in [5.74, 6) is 0.900. The summed E-state index contributed by atoms with van der Waals surface area (Å²) in [6.45, 7) is 1.67. The number of benzene rings is 1. The normalized spacial score (nSPS) is 19.3. The van der Waals surface area contributed by atoms with Gasteiger partial charge in [0, 0.05) is 30.3 Å². The third-order valence-electron chi connectivity index (χ3n) is 3.96. The Morgan fingerprint density at radius 3 is 2.71 bits per heavy atom. The largest absolute Gasteiger partial charge is 0.493 e. The molecule has 0 heterocycles. The molecule has 1 aromatic carbocycles. The Morgan fingerprint density at radius 1 is 1.33 bits per heavy atom. The maximum Gasteiger partial charge on any atom is 0.227 e. The van der Waals surface area contributed by atoms with E-state index < -0.39 is 0 Å². The fourth-order valence-corrected chi connectivity index (χ4v) is 2.73. The van der Waals surface area contributed by atoms with Gasteiger partial charge in [0.1, 0.15) is 5.75 Å². The third-order valence-corrected chi connectivity index (χ3v) is 3.96. The number of rotatable bonds is 7. The van der Waals surface area contributed by atoms with Gasteiger partial charge in [-0.25, -0.2) is 0 Å². The molecule has 2 rings (SSSR count). The number of hydrogen-bond donors (Lipinski definition) is 2. The summed E-state index contributed by atoms with van der Waals surface area (Å²) in [7, 11) is 4.09. The molecule has 24 heavy (non-hydrogen) atoms. The minimum atomic E-state index is 0. The van der Waals surface area contributed by atoms with E-state index in [4.69, 9.17) is 10.5 Å². The molecule has 0 bridgehead atoms. The van der Waals surface area contributed by atoms with Crippen LogP contribution in [0.5, 0.6) is 5.75 Å². The van der Waals surface area contributed by atoms with Crippen LogP contribution in [0.3, 0.4) is 0 Å². The summed E-state index contributed by atoms with van der Waals surface area (Å²) in [5.41, 5.74) is 6.65. The predicted octanol–water partition coefficient (Wildman–Crippen LogP) is 2.93. The van der Waals surface area contributed by atoms with Gasteiger partial charge in [-0.3, -0.25) is 4.79 Å². The fraction of sp³-hybridized carbons (Fsp3) is 0.588. The molecule has 0 aliphatic heterocycles. The van der Waals surface area contributed by atoms with E-state index in [1.54, 1.807) is 0 Å². The smallest absolute Gasteiger partial charge is 0.227 e. The average Bonchev–Trinajstić information content (AvgIpc) is 2.91. The molecule has 1 aromatic rings. The number of carbonyl (C=O) groups is 1. The summed E-state index contributed by atoms with van der Waals surface area (Å²) in [5, 5.41) is 2.97. The third kappa shape index (κ3) is 7.71. The molecule has 0 spiro atoms. The highest BCUT2D eigenvalue weighted by Gasteiger charge is 2.27. The molecule has 1 amide bonds. The lowest BCUT2D eigenvalue weighted by Crippen LogP contribution is -2.23. The quantitative estimate of drug-likeness (QED) is 0.716. The monoisotopic (exact) mass is 377 g/mol. The summed E-state index contributed by atoms with van der Waals surface area (Å²) >= 11 is 0. The zero-order chi connectivity index (χ0) is 15.9. The topological polar surface area (TPSA) is 67.6 Å². The van der Waals surface area contributed by atoms with Crippen LogP contribution in [-0.2, 0) is 4.79 Å². The van der Waals surface area contributed by atoms with Gasteiger partial charge in [0.05, 0.1) is 6.61 Å². The van der Waals surface area contributed by atoms with Gasteiger partial charge in [0.15, 0.2) is 0 Å². The van der Waals surface area contributed by atoms with Crippen molar-refractivity contribution in [2.45, 2.75) is 31.7 Å². The maximum atomic E-state index is 12.2. The van der Waals surface area contributed by atoms with E-state index >= 15 is 0 Å². The van der Waals surface area contributed by atoms with Crippen LogP contribution in [0, 0.1) is 5.92 Å². The zero-order valence-corrected chi connectivity index (χ0v) is 16.0. The summed E-state index contributed by atoms with van der Waals surface area (Å²) < 4.78 is 5.72. The minimum absolute atomic E-state index is 0. The highest BCUT2D eigenvalue weighted by atomic mass is 35.5. The number of nitrogens with one attached hydrogen (secondary N) is 1. The standard InChI is InChI=1S/C17H27N3O2.2ClH/c1-20(2)9-4-10-22-16-6-3-5-15(12-16)19-17(21)13-7-8-14(18)11-13;;/h3,5-6,12-14H,4,7-11,18H2,1-2H3,(H,19,21);2*1H. The van der Waals surface area contributed by atoms with Crippen molar-refractivity contribution in [1.82, 2.24) is 4.90 Å². The van der Waals surface area contributed by atoms with E-state index in [9.17, 15) is 4.79 Å². The first-order chi connectivity index (χ1) is 10.5. The van der Waals surface area contributed by atoms with Gasteiger partial charge in [-0.2, -0.15) is 0 Å². The molecule has 1 aliphatic rings. The first kappa shape index (κ1) is 23.0. The lowest BCUT2D eigenvalue weighted by molar-refractivity contribution is -0.119. The maximum absolute atomic E-state index is 12.2. The Morgan fingerprint density at radius 2 is 2.08 bits per heavy atom. The lowest BCUT2D eigenvalue weighted by Gasteiger charge is -2.13. The fourth-order valence-electron chi connectivity index (χ4n) is 2.73. The van der Waals surface area contributed by atoms with Crippen molar-refractivity contribution in [3.63, 3.8) is 0 Å². The van der Waals surface area contributed by atoms with E-state index in [1.807, 2.05) is 38.4 Å². The molecular weight excluding hydrogens is 349 g/mol. The molecule has 2 atom stereocenters. The number of halogens is 2. The number of nitrogens with two attached hydrogens (primary N) is 1. The number of hydrogen-bond acceptors (Lipinski definition) is 4. The van der Waals surface area contributed by atoms with Crippen LogP contribution in [0.1, 0.15) is 25.7 Å². The average molecular weight is 378 g/mol. The molecule has 138 valence electrons. The number of anilines is 1. The molecule has 7 heteroatoms. The first-order valence-corrected chi connectivity index (χ1v) is 7.98. The van der Waals surface area contributed by atoms with Gasteiger partial charge in [-0.05, 0) is 51.9 Å². The molecule has 0 aromatic heterocycles. The van der Waals surface area contributed by atoms with Crippen LogP contribution < -0.4 is 15.8 Å². The van der Waals surface area contributed by atoms with Crippen molar-refractivity contribution in [3.05, 3.63) is 24.3 Å². The summed E-state index contributed by atoms with van der Waals surface area (Å²) in [6, 6.07) is 7.75. The molecule has 0 radical (unpaired) electrons. The highest BCUT2D eigenvalue weighted by Crippen LogP contribution is 2.26. The highest BCUT2D eigenvalue weighted by molar-refractivity contribution is 5.92. The first-order valence-electron chi connectivity index (χ1n) is 7.98. The Bertz CT molecular complexity index is 500. The van der Waals surface area contributed by atoms with E-state index in [-0.39, 0.29) is 42.7 Å². The van der Waals surface area contributed by atoms with Gasteiger partial charge in [0.25, 0.3) is 0 Å². The van der Waals surface area contributed by atoms with Crippen molar-refractivity contribution in [2.75, 3.05) is 32.6 Å². The lowest BCUT2D eigenvalue weighted by atomic mass is 10.1. The molecule has 1 aliphatic carbocycles. The van der Waals surface area contributed by atoms with Crippen LogP contribution in [0.25, 0.3) is 0 Å². The molecule has 2 unspecified atom stereocenters. The van der Waals surface area contributed by atoms with E-state index in [0.717, 1.165) is 43.7 Å². The van der Waals surface area contributed by atoms with Crippen molar-refractivity contribution in [2.24, 2.45) is 11.7 Å². The molecule has 1 fully saturated rings.